The molecule has 0 heterocycles. The molecule has 0 amide bonds. The largest absolute Gasteiger partial charge is 0.507 e. The van der Waals surface area contributed by atoms with Crippen molar-refractivity contribution < 1.29 is 37.9 Å². The summed E-state index contributed by atoms with van der Waals surface area (Å²) < 4.78 is 30.4. The van der Waals surface area contributed by atoms with Crippen molar-refractivity contribution in [2.24, 2.45) is 0 Å². The number of rotatable bonds is 3. The van der Waals surface area contributed by atoms with Crippen LogP contribution in [0.25, 0.3) is 0 Å². The van der Waals surface area contributed by atoms with Gasteiger partial charge >= 0.3 is 11.9 Å². The first-order chi connectivity index (χ1) is 7.66. The molecule has 0 saturated carbocycles. The molecule has 0 aliphatic heterocycles. The van der Waals surface area contributed by atoms with Crippen LogP contribution in [0.4, 0.5) is 0 Å². The molecule has 91 valence electrons. The number of aromatic hydroxyl groups is 1. The summed E-state index contributed by atoms with van der Waals surface area (Å²) in [6.07, 6.45) is 0. The molecule has 1 rings (SSSR count). The average Bonchev–Trinajstić information content (AvgIpc) is 2.14. The number of hydrogen-bond acceptors (Lipinski definition) is 5. The lowest BCUT2D eigenvalue weighted by Crippen LogP contribution is -2.14. The van der Waals surface area contributed by atoms with Gasteiger partial charge < -0.3 is 15.3 Å². The Morgan fingerprint density at radius 3 is 1.94 bits per heavy atom. The number of carboxylic acids is 2. The van der Waals surface area contributed by atoms with Crippen LogP contribution in [0.5, 0.6) is 5.75 Å². The van der Waals surface area contributed by atoms with E-state index in [1.54, 1.807) is 6.07 Å². The summed E-state index contributed by atoms with van der Waals surface area (Å²) in [4.78, 5) is 20.3. The molecule has 0 bridgehead atoms. The second-order valence-electron chi connectivity index (χ2n) is 2.84. The van der Waals surface area contributed by atoms with Gasteiger partial charge in [0, 0.05) is 6.07 Å². The lowest BCUT2D eigenvalue weighted by molar-refractivity contribution is 0.0645. The van der Waals surface area contributed by atoms with Gasteiger partial charge in [-0.1, -0.05) is 0 Å². The third-order valence-corrected chi connectivity index (χ3v) is 2.60. The van der Waals surface area contributed by atoms with E-state index in [0.717, 1.165) is 0 Å². The molecule has 0 fully saturated rings. The quantitative estimate of drug-likeness (QED) is 0.548. The Bertz CT molecular complexity index is 600. The van der Waals surface area contributed by atoms with E-state index in [-0.39, 0.29) is 0 Å². The van der Waals surface area contributed by atoms with Gasteiger partial charge in [-0.3, -0.25) is 4.55 Å². The predicted octanol–water partition coefficient (Wildman–Crippen LogP) is -0.165. The first kappa shape index (κ1) is 12.9. The van der Waals surface area contributed by atoms with Gasteiger partial charge in [0.1, 0.15) is 16.2 Å². The fourth-order valence-corrected chi connectivity index (χ4v) is 1.80. The van der Waals surface area contributed by atoms with E-state index in [0.29, 0.717) is 6.07 Å². The molecule has 9 heteroatoms. The molecular formula is C8H5O8S. The molecule has 0 atom stereocenters. The van der Waals surface area contributed by atoms with Gasteiger partial charge in [-0.05, 0) is 6.07 Å². The minimum absolute atomic E-state index is 0.541. The topological polar surface area (TPSA) is 149 Å². The molecule has 0 unspecified atom stereocenters. The van der Waals surface area contributed by atoms with Gasteiger partial charge in [0.05, 0.1) is 5.56 Å². The summed E-state index contributed by atoms with van der Waals surface area (Å²) in [7, 11) is -4.96. The SMILES string of the molecule is O=C(O)c1c(S(=O)(=O)O)[c]cc(O)c1C(=O)O. The zero-order valence-electron chi connectivity index (χ0n) is 7.91. The van der Waals surface area contributed by atoms with Crippen LogP contribution < -0.4 is 0 Å². The number of hydrogen-bond donors (Lipinski definition) is 4. The van der Waals surface area contributed by atoms with Crippen molar-refractivity contribution in [1.29, 1.82) is 0 Å². The normalized spacial score (nSPS) is 11.1. The number of carbonyl (C=O) groups is 2. The monoisotopic (exact) mass is 261 g/mol. The third-order valence-electron chi connectivity index (χ3n) is 1.76. The maximum atomic E-state index is 10.8. The Labute approximate surface area is 94.5 Å². The van der Waals surface area contributed by atoms with Crippen molar-refractivity contribution in [3.8, 4) is 5.75 Å². The van der Waals surface area contributed by atoms with Crippen molar-refractivity contribution in [3.05, 3.63) is 23.3 Å². The number of phenols is 1. The average molecular weight is 261 g/mol. The van der Waals surface area contributed by atoms with Crippen molar-refractivity contribution in [1.82, 2.24) is 0 Å². The van der Waals surface area contributed by atoms with E-state index < -0.39 is 43.8 Å². The minimum atomic E-state index is -4.96. The summed E-state index contributed by atoms with van der Waals surface area (Å²) in [5.41, 5.74) is -2.39. The molecular weight excluding hydrogens is 256 g/mol. The Morgan fingerprint density at radius 1 is 1.12 bits per heavy atom. The van der Waals surface area contributed by atoms with Crippen LogP contribution in [0.1, 0.15) is 20.7 Å². The zero-order chi connectivity index (χ0) is 13.4. The lowest BCUT2D eigenvalue weighted by atomic mass is 10.1. The second-order valence-corrected chi connectivity index (χ2v) is 4.20. The van der Waals surface area contributed by atoms with E-state index in [1.165, 1.54) is 0 Å². The number of aromatic carboxylic acids is 2. The molecule has 0 saturated heterocycles. The third kappa shape index (κ3) is 2.34. The fraction of sp³-hybridized carbons (Fsp3) is 0. The fourth-order valence-electron chi connectivity index (χ4n) is 1.14. The highest BCUT2D eigenvalue weighted by atomic mass is 32.2. The first-order valence-corrected chi connectivity index (χ1v) is 5.32. The highest BCUT2D eigenvalue weighted by Gasteiger charge is 2.29. The van der Waals surface area contributed by atoms with Crippen LogP contribution in [0.2, 0.25) is 0 Å². The highest BCUT2D eigenvalue weighted by Crippen LogP contribution is 2.27. The molecule has 0 aliphatic carbocycles. The molecule has 4 N–H and O–H groups in total. The molecule has 1 aromatic rings. The van der Waals surface area contributed by atoms with E-state index in [1.807, 2.05) is 0 Å². The van der Waals surface area contributed by atoms with Gasteiger partial charge in [-0.15, -0.1) is 0 Å². The van der Waals surface area contributed by atoms with Crippen LogP contribution in [0, 0.1) is 6.07 Å². The first-order valence-electron chi connectivity index (χ1n) is 3.88. The van der Waals surface area contributed by atoms with Crippen LogP contribution >= 0.6 is 0 Å². The Hall–Kier alpha value is -2.13. The van der Waals surface area contributed by atoms with Crippen molar-refractivity contribution >= 4 is 22.1 Å². The van der Waals surface area contributed by atoms with Gasteiger partial charge in [0.15, 0.2) is 0 Å². The summed E-state index contributed by atoms with van der Waals surface area (Å²) in [5, 5.41) is 26.5. The van der Waals surface area contributed by atoms with Crippen molar-refractivity contribution in [2.75, 3.05) is 0 Å². The maximum absolute atomic E-state index is 10.8. The van der Waals surface area contributed by atoms with E-state index in [4.69, 9.17) is 19.9 Å². The van der Waals surface area contributed by atoms with Gasteiger partial charge in [-0.25, -0.2) is 9.59 Å². The van der Waals surface area contributed by atoms with Crippen LogP contribution in [0.15, 0.2) is 11.0 Å². The second kappa shape index (κ2) is 4.03. The molecule has 0 aromatic heterocycles. The van der Waals surface area contributed by atoms with Crippen molar-refractivity contribution in [3.63, 3.8) is 0 Å². The van der Waals surface area contributed by atoms with Crippen LogP contribution in [0.3, 0.4) is 0 Å². The minimum Gasteiger partial charge on any atom is -0.507 e. The standard InChI is InChI=1S/C8H5O8S/c9-3-1-2-4(17(14,15)16)6(8(12)13)5(3)7(10)11/h1,9H,(H,10,11)(H,12,13)(H,14,15,16). The maximum Gasteiger partial charge on any atom is 0.340 e. The van der Waals surface area contributed by atoms with Gasteiger partial charge in [-0.2, -0.15) is 8.42 Å². The molecule has 8 nitrogen and oxygen atoms in total. The summed E-state index contributed by atoms with van der Waals surface area (Å²) in [5.74, 6) is -4.75. The Kier molecular flexibility index (Phi) is 3.07. The Balaban J connectivity index is 3.85. The molecule has 17 heavy (non-hydrogen) atoms. The summed E-state index contributed by atoms with van der Waals surface area (Å²) >= 11 is 0. The number of carboxylic acid groups (broad SMARTS) is 2. The zero-order valence-corrected chi connectivity index (χ0v) is 8.72. The molecule has 1 aromatic carbocycles. The Morgan fingerprint density at radius 2 is 1.59 bits per heavy atom. The number of benzene rings is 1. The van der Waals surface area contributed by atoms with Crippen LogP contribution in [-0.2, 0) is 10.1 Å². The predicted molar refractivity (Wildman–Crippen MR) is 50.7 cm³/mol. The smallest absolute Gasteiger partial charge is 0.340 e. The van der Waals surface area contributed by atoms with Crippen molar-refractivity contribution in [2.45, 2.75) is 4.90 Å². The molecule has 0 spiro atoms. The van der Waals surface area contributed by atoms with Gasteiger partial charge in [0.2, 0.25) is 0 Å². The van der Waals surface area contributed by atoms with E-state index >= 15 is 0 Å². The van der Waals surface area contributed by atoms with E-state index in [2.05, 4.69) is 0 Å². The molecule has 1 radical (unpaired) electrons. The van der Waals surface area contributed by atoms with Crippen LogP contribution in [-0.4, -0.2) is 40.2 Å². The summed E-state index contributed by atoms with van der Waals surface area (Å²) in [6, 6.07) is 2.33. The lowest BCUT2D eigenvalue weighted by Gasteiger charge is -2.07. The van der Waals surface area contributed by atoms with E-state index in [9.17, 15) is 18.0 Å². The van der Waals surface area contributed by atoms with Gasteiger partial charge in [0.25, 0.3) is 10.1 Å². The molecule has 0 aliphatic rings. The highest BCUT2D eigenvalue weighted by molar-refractivity contribution is 7.86. The summed E-state index contributed by atoms with van der Waals surface area (Å²) in [6.45, 7) is 0.